The molecule has 8 saturated carbocycles. The van der Waals surface area contributed by atoms with Crippen LogP contribution in [0, 0.1) is 33.5 Å². The summed E-state index contributed by atoms with van der Waals surface area (Å²) in [5.74, 6) is 2.33. The number of hydrogen-bond donors (Lipinski definition) is 0. The lowest BCUT2D eigenvalue weighted by molar-refractivity contribution is -0.402. The van der Waals surface area contributed by atoms with Gasteiger partial charge in [0.25, 0.3) is 0 Å². The highest BCUT2D eigenvalue weighted by Gasteiger charge is 2.85. The molecule has 0 N–H and O–H groups in total. The zero-order valence-corrected chi connectivity index (χ0v) is 13.1. The summed E-state index contributed by atoms with van der Waals surface area (Å²) in [5.41, 5.74) is 3.64. The Labute approximate surface area is 124 Å². The predicted molar refractivity (Wildman–Crippen MR) is 81.4 cm³/mol. The van der Waals surface area contributed by atoms with Gasteiger partial charge in [-0.2, -0.15) is 0 Å². The van der Waals surface area contributed by atoms with Crippen LogP contribution in [0.15, 0.2) is 0 Å². The fraction of sp³-hybridized carbons (Fsp3) is 1.00. The molecule has 8 aliphatic carbocycles. The Balaban J connectivity index is 1.15. The molecular weight excluding hydrogens is 240 g/mol. The zero-order chi connectivity index (χ0) is 13.1. The SMILES string of the molecule is C1CCC(C23CC(C45CC(C6CCCC6)(C4)C5)(C2)C3)C1. The Kier molecular flexibility index (Phi) is 1.84. The highest BCUT2D eigenvalue weighted by Crippen LogP contribution is 2.94. The van der Waals surface area contributed by atoms with Crippen LogP contribution in [0.25, 0.3) is 0 Å². The average molecular weight is 270 g/mol. The van der Waals surface area contributed by atoms with Crippen LogP contribution in [0.3, 0.4) is 0 Å². The van der Waals surface area contributed by atoms with Crippen LogP contribution >= 0.6 is 0 Å². The summed E-state index contributed by atoms with van der Waals surface area (Å²) in [4.78, 5) is 0. The highest BCUT2D eigenvalue weighted by atomic mass is 14.9. The molecule has 0 amide bonds. The Morgan fingerprint density at radius 2 is 0.750 bits per heavy atom. The van der Waals surface area contributed by atoms with Gasteiger partial charge in [-0.1, -0.05) is 25.7 Å². The summed E-state index contributed by atoms with van der Waals surface area (Å²) in [6.45, 7) is 0. The molecule has 8 aliphatic rings. The molecule has 0 heterocycles. The minimum Gasteiger partial charge on any atom is -0.0530 e. The van der Waals surface area contributed by atoms with Gasteiger partial charge in [0.15, 0.2) is 0 Å². The molecule has 0 aromatic carbocycles. The monoisotopic (exact) mass is 270 g/mol. The third-order valence-corrected chi connectivity index (χ3v) is 9.71. The smallest absolute Gasteiger partial charge is 0.0224 e. The fourth-order valence-electron chi connectivity index (χ4n) is 8.80. The molecule has 8 rings (SSSR count). The van der Waals surface area contributed by atoms with Crippen LogP contribution < -0.4 is 0 Å². The van der Waals surface area contributed by atoms with Gasteiger partial charge in [0.05, 0.1) is 0 Å². The van der Waals surface area contributed by atoms with E-state index in [0.717, 1.165) is 21.7 Å². The Hall–Kier alpha value is 0. The van der Waals surface area contributed by atoms with Gasteiger partial charge in [0, 0.05) is 0 Å². The van der Waals surface area contributed by atoms with Crippen molar-refractivity contribution in [3.8, 4) is 0 Å². The molecule has 0 heteroatoms. The topological polar surface area (TPSA) is 0 Å². The number of hydrogen-bond acceptors (Lipinski definition) is 0. The molecule has 0 aliphatic heterocycles. The summed E-state index contributed by atoms with van der Waals surface area (Å²) >= 11 is 0. The first-order chi connectivity index (χ1) is 9.70. The third kappa shape index (κ3) is 1.03. The minimum absolute atomic E-state index is 0.909. The van der Waals surface area contributed by atoms with Crippen molar-refractivity contribution < 1.29 is 0 Å². The van der Waals surface area contributed by atoms with Crippen molar-refractivity contribution in [2.75, 3.05) is 0 Å². The molecule has 0 nitrogen and oxygen atoms in total. The van der Waals surface area contributed by atoms with Gasteiger partial charge < -0.3 is 0 Å². The second-order valence-electron chi connectivity index (χ2n) is 10.3. The minimum atomic E-state index is 0.909. The molecule has 0 saturated heterocycles. The third-order valence-electron chi connectivity index (χ3n) is 9.71. The molecule has 0 radical (unpaired) electrons. The van der Waals surface area contributed by atoms with Gasteiger partial charge in [-0.05, 0) is 97.7 Å². The van der Waals surface area contributed by atoms with Gasteiger partial charge in [-0.25, -0.2) is 0 Å². The molecule has 20 heavy (non-hydrogen) atoms. The van der Waals surface area contributed by atoms with Crippen molar-refractivity contribution in [2.45, 2.75) is 89.9 Å². The first kappa shape index (κ1) is 11.6. The van der Waals surface area contributed by atoms with Crippen LogP contribution in [-0.2, 0) is 0 Å². The van der Waals surface area contributed by atoms with Crippen molar-refractivity contribution in [2.24, 2.45) is 33.5 Å². The van der Waals surface area contributed by atoms with Crippen LogP contribution in [0.2, 0.25) is 0 Å². The lowest BCUT2D eigenvalue weighted by Crippen LogP contribution is -2.81. The molecule has 0 unspecified atom stereocenters. The lowest BCUT2D eigenvalue weighted by Gasteiger charge is -2.89. The largest absolute Gasteiger partial charge is 0.0530 e. The van der Waals surface area contributed by atoms with E-state index in [1.807, 2.05) is 0 Å². The summed E-state index contributed by atoms with van der Waals surface area (Å²) in [7, 11) is 0. The highest BCUT2D eigenvalue weighted by molar-refractivity contribution is 5.34. The Morgan fingerprint density at radius 1 is 0.450 bits per heavy atom. The Bertz CT molecular complexity index is 377. The van der Waals surface area contributed by atoms with E-state index in [9.17, 15) is 0 Å². The van der Waals surface area contributed by atoms with E-state index < -0.39 is 0 Å². The van der Waals surface area contributed by atoms with Gasteiger partial charge in [0.1, 0.15) is 0 Å². The summed E-state index contributed by atoms with van der Waals surface area (Å²) in [6, 6.07) is 0. The van der Waals surface area contributed by atoms with E-state index in [-0.39, 0.29) is 0 Å². The quantitative estimate of drug-likeness (QED) is 0.616. The lowest BCUT2D eigenvalue weighted by atomic mass is 9.15. The maximum atomic E-state index is 1.69. The molecule has 0 aromatic heterocycles. The molecule has 0 spiro atoms. The van der Waals surface area contributed by atoms with E-state index in [0.29, 0.717) is 0 Å². The van der Waals surface area contributed by atoms with Gasteiger partial charge in [-0.3, -0.25) is 0 Å². The fourth-order valence-corrected chi connectivity index (χ4v) is 8.80. The normalized spacial score (nSPS) is 60.6. The summed E-state index contributed by atoms with van der Waals surface area (Å²) < 4.78 is 0. The molecule has 110 valence electrons. The van der Waals surface area contributed by atoms with Crippen molar-refractivity contribution in [3.63, 3.8) is 0 Å². The number of rotatable bonds is 3. The standard InChI is InChI=1S/C20H30/c1-2-6-15(5-1)17-9-19(10-17,11-17)20-12-18(13-20,14-20)16-7-3-4-8-16/h15-16H,1-14H2. The van der Waals surface area contributed by atoms with E-state index in [2.05, 4.69) is 0 Å². The van der Waals surface area contributed by atoms with E-state index in [4.69, 9.17) is 0 Å². The van der Waals surface area contributed by atoms with E-state index in [1.165, 1.54) is 11.8 Å². The average Bonchev–Trinajstić information content (AvgIpc) is 2.87. The van der Waals surface area contributed by atoms with Gasteiger partial charge in [0.2, 0.25) is 0 Å². The molecule has 8 fully saturated rings. The van der Waals surface area contributed by atoms with Crippen LogP contribution in [0.5, 0.6) is 0 Å². The molecular formula is C20H30. The first-order valence-corrected chi connectivity index (χ1v) is 9.70. The van der Waals surface area contributed by atoms with Crippen molar-refractivity contribution in [1.29, 1.82) is 0 Å². The maximum absolute atomic E-state index is 1.69. The second kappa shape index (κ2) is 3.18. The predicted octanol–water partition coefficient (Wildman–Crippen LogP) is 5.71. The van der Waals surface area contributed by atoms with Crippen molar-refractivity contribution in [1.82, 2.24) is 0 Å². The van der Waals surface area contributed by atoms with Gasteiger partial charge in [-0.15, -0.1) is 0 Å². The van der Waals surface area contributed by atoms with E-state index >= 15 is 0 Å². The molecule has 4 bridgehead atoms. The second-order valence-corrected chi connectivity index (χ2v) is 10.3. The first-order valence-electron chi connectivity index (χ1n) is 9.70. The Morgan fingerprint density at radius 3 is 1.05 bits per heavy atom. The van der Waals surface area contributed by atoms with Gasteiger partial charge >= 0.3 is 0 Å². The van der Waals surface area contributed by atoms with Crippen LogP contribution in [-0.4, -0.2) is 0 Å². The maximum Gasteiger partial charge on any atom is -0.0224 e. The van der Waals surface area contributed by atoms with Crippen LogP contribution in [0.4, 0.5) is 0 Å². The van der Waals surface area contributed by atoms with Crippen molar-refractivity contribution in [3.05, 3.63) is 0 Å². The molecule has 0 aromatic rings. The van der Waals surface area contributed by atoms with Crippen LogP contribution in [0.1, 0.15) is 89.9 Å². The zero-order valence-electron chi connectivity index (χ0n) is 13.1. The van der Waals surface area contributed by atoms with Crippen molar-refractivity contribution >= 4 is 0 Å². The molecule has 0 atom stereocenters. The van der Waals surface area contributed by atoms with E-state index in [1.54, 1.807) is 89.9 Å². The summed E-state index contributed by atoms with van der Waals surface area (Å²) in [6.07, 6.45) is 22.7. The summed E-state index contributed by atoms with van der Waals surface area (Å²) in [5, 5.41) is 0.